The van der Waals surface area contributed by atoms with E-state index >= 15 is 0 Å². The van der Waals surface area contributed by atoms with E-state index in [-0.39, 0.29) is 11.6 Å². The zero-order chi connectivity index (χ0) is 28.0. The first-order valence-electron chi connectivity index (χ1n) is 11.8. The Hall–Kier alpha value is -2.20. The van der Waals surface area contributed by atoms with Gasteiger partial charge in [-0.1, -0.05) is 38.1 Å². The number of phosphoric acid groups is 2. The topological polar surface area (TPSA) is 165 Å². The number of carbonyl (C=O) groups is 2. The largest absolute Gasteiger partial charge is 0.478 e. The molecule has 2 aromatic carbocycles. The van der Waals surface area contributed by atoms with Gasteiger partial charge in [0.1, 0.15) is 0 Å². The van der Waals surface area contributed by atoms with Crippen LogP contribution in [0, 0.1) is 0 Å². The summed E-state index contributed by atoms with van der Waals surface area (Å²) in [7, 11) is -8.04. The molecule has 0 spiro atoms. The summed E-state index contributed by atoms with van der Waals surface area (Å²) >= 11 is 0. The van der Waals surface area contributed by atoms with Gasteiger partial charge in [0.25, 0.3) is 0 Å². The number of benzene rings is 2. The molecule has 0 fully saturated rings. The molecule has 4 N–H and O–H groups in total. The summed E-state index contributed by atoms with van der Waals surface area (Å²) in [5.41, 5.74) is 3.02. The Morgan fingerprint density at radius 1 is 0.838 bits per heavy atom. The quantitative estimate of drug-likeness (QED) is 0.270. The fourth-order valence-electron chi connectivity index (χ4n) is 4.04. The van der Waals surface area contributed by atoms with Gasteiger partial charge in [-0.15, -0.1) is 0 Å². The molecular weight excluding hydrogens is 522 g/mol. The summed E-state index contributed by atoms with van der Waals surface area (Å²) in [5, 5.41) is 0. The van der Waals surface area contributed by atoms with Gasteiger partial charge in [-0.2, -0.15) is 4.31 Å². The summed E-state index contributed by atoms with van der Waals surface area (Å²) in [6, 6.07) is 13.1. The van der Waals surface area contributed by atoms with Crippen molar-refractivity contribution in [3.8, 4) is 0 Å². The van der Waals surface area contributed by atoms with Gasteiger partial charge in [0.2, 0.25) is 0 Å². The summed E-state index contributed by atoms with van der Waals surface area (Å²) in [6.45, 7) is 9.89. The zero-order valence-electron chi connectivity index (χ0n) is 21.3. The van der Waals surface area contributed by atoms with Crippen molar-refractivity contribution in [2.75, 3.05) is 31.6 Å². The highest BCUT2D eigenvalue weighted by atomic mass is 31.3. The maximum Gasteiger partial charge on any atom is 0.478 e. The van der Waals surface area contributed by atoms with Crippen LogP contribution in [0.1, 0.15) is 65.5 Å². The molecule has 37 heavy (non-hydrogen) atoms. The molecular formula is C24H34N2O9P2. The van der Waals surface area contributed by atoms with Crippen molar-refractivity contribution < 1.29 is 42.6 Å². The average molecular weight is 556 g/mol. The fourth-order valence-corrected chi connectivity index (χ4v) is 5.15. The van der Waals surface area contributed by atoms with Crippen molar-refractivity contribution in [2.24, 2.45) is 0 Å². The van der Waals surface area contributed by atoms with Crippen LogP contribution < -0.4 is 4.90 Å². The van der Waals surface area contributed by atoms with Crippen LogP contribution in [0.2, 0.25) is 0 Å². The molecule has 1 atom stereocenters. The lowest BCUT2D eigenvalue weighted by Gasteiger charge is -2.29. The van der Waals surface area contributed by atoms with Crippen LogP contribution in [0.3, 0.4) is 0 Å². The monoisotopic (exact) mass is 556 g/mol. The molecule has 2 aromatic rings. The molecule has 0 heterocycles. The van der Waals surface area contributed by atoms with Gasteiger partial charge in [-0.05, 0) is 57.6 Å². The third kappa shape index (κ3) is 8.95. The number of hydrogen-bond donors (Lipinski definition) is 4. The zero-order valence-corrected chi connectivity index (χ0v) is 23.1. The van der Waals surface area contributed by atoms with E-state index in [4.69, 9.17) is 19.6 Å². The van der Waals surface area contributed by atoms with E-state index in [2.05, 4.69) is 41.9 Å². The number of rotatable bonds is 10. The summed E-state index contributed by atoms with van der Waals surface area (Å²) in [6.07, 6.45) is 2.22. The maximum absolute atomic E-state index is 12.9. The molecule has 13 heteroatoms. The SMILES string of the molecule is CCN(CC)CCCC(C)N(C)c1ccc2c(c1)C(=O)c1ccccc1C2=O.O=P(O)(O)OP(=O)(O)O. The van der Waals surface area contributed by atoms with Crippen LogP contribution in [-0.2, 0) is 13.4 Å². The molecule has 0 aromatic heterocycles. The molecule has 0 saturated carbocycles. The predicted octanol–water partition coefficient (Wildman–Crippen LogP) is 3.60. The third-order valence-corrected chi connectivity index (χ3v) is 7.88. The molecule has 0 saturated heterocycles. The van der Waals surface area contributed by atoms with Crippen LogP contribution in [-0.4, -0.2) is 68.8 Å². The van der Waals surface area contributed by atoms with Gasteiger partial charge in [-0.25, -0.2) is 9.13 Å². The molecule has 11 nitrogen and oxygen atoms in total. The van der Waals surface area contributed by atoms with Crippen molar-refractivity contribution in [1.82, 2.24) is 4.90 Å². The summed E-state index contributed by atoms with van der Waals surface area (Å²) in [4.78, 5) is 61.3. The van der Waals surface area contributed by atoms with Crippen molar-refractivity contribution in [3.63, 3.8) is 0 Å². The Labute approximate surface area is 216 Å². The highest BCUT2D eigenvalue weighted by molar-refractivity contribution is 7.60. The van der Waals surface area contributed by atoms with Crippen LogP contribution >= 0.6 is 15.6 Å². The van der Waals surface area contributed by atoms with Crippen LogP contribution in [0.5, 0.6) is 0 Å². The van der Waals surface area contributed by atoms with Crippen LogP contribution in [0.4, 0.5) is 5.69 Å². The predicted molar refractivity (Wildman–Crippen MR) is 140 cm³/mol. The highest BCUT2D eigenvalue weighted by Gasteiger charge is 2.30. The van der Waals surface area contributed by atoms with Crippen molar-refractivity contribution in [3.05, 3.63) is 64.7 Å². The first-order valence-corrected chi connectivity index (χ1v) is 14.8. The highest BCUT2D eigenvalue weighted by Crippen LogP contribution is 2.53. The Balaban J connectivity index is 0.000000458. The molecule has 0 bridgehead atoms. The smallest absolute Gasteiger partial charge is 0.372 e. The van der Waals surface area contributed by atoms with Gasteiger partial charge in [0.15, 0.2) is 11.6 Å². The van der Waals surface area contributed by atoms with E-state index in [1.165, 1.54) is 0 Å². The van der Waals surface area contributed by atoms with Gasteiger partial charge in [0, 0.05) is 41.0 Å². The van der Waals surface area contributed by atoms with E-state index in [1.807, 2.05) is 18.2 Å². The molecule has 1 aliphatic carbocycles. The minimum absolute atomic E-state index is 0.0605. The number of fused-ring (bicyclic) bond motifs is 2. The first kappa shape index (κ1) is 31.0. The Kier molecular flexibility index (Phi) is 10.9. The second-order valence-electron chi connectivity index (χ2n) is 8.63. The number of hydrogen-bond acceptors (Lipinski definition) is 7. The molecule has 1 unspecified atom stereocenters. The number of nitrogens with zero attached hydrogens (tertiary/aromatic N) is 2. The second kappa shape index (κ2) is 13.0. The lowest BCUT2D eigenvalue weighted by Crippen LogP contribution is -2.31. The molecule has 204 valence electrons. The van der Waals surface area contributed by atoms with Gasteiger partial charge in [0.05, 0.1) is 0 Å². The van der Waals surface area contributed by atoms with Crippen molar-refractivity contribution in [1.29, 1.82) is 0 Å². The van der Waals surface area contributed by atoms with Crippen molar-refractivity contribution in [2.45, 2.75) is 39.7 Å². The fraction of sp³-hybridized carbons (Fsp3) is 0.417. The Morgan fingerprint density at radius 2 is 1.32 bits per heavy atom. The molecule has 3 rings (SSSR count). The summed E-state index contributed by atoms with van der Waals surface area (Å²) in [5.74, 6) is -0.124. The van der Waals surface area contributed by atoms with Crippen molar-refractivity contribution >= 4 is 32.9 Å². The second-order valence-corrected chi connectivity index (χ2v) is 11.2. The maximum atomic E-state index is 12.9. The van der Waals surface area contributed by atoms with E-state index in [0.717, 1.165) is 38.2 Å². The lowest BCUT2D eigenvalue weighted by atomic mass is 9.84. The van der Waals surface area contributed by atoms with E-state index in [9.17, 15) is 18.7 Å². The molecule has 0 radical (unpaired) electrons. The van der Waals surface area contributed by atoms with Crippen LogP contribution in [0.15, 0.2) is 42.5 Å². The van der Waals surface area contributed by atoms with Gasteiger partial charge in [-0.3, -0.25) is 9.59 Å². The van der Waals surface area contributed by atoms with E-state index < -0.39 is 15.6 Å². The minimum atomic E-state index is -5.05. The van der Waals surface area contributed by atoms with Crippen LogP contribution in [0.25, 0.3) is 0 Å². The number of anilines is 1. The number of carbonyl (C=O) groups excluding carboxylic acids is 2. The summed E-state index contributed by atoms with van der Waals surface area (Å²) < 4.78 is 22.2. The minimum Gasteiger partial charge on any atom is -0.372 e. The first-order chi connectivity index (χ1) is 17.2. The molecule has 1 aliphatic rings. The number of ketones is 2. The molecule has 0 aliphatic heterocycles. The average Bonchev–Trinajstić information content (AvgIpc) is 2.82. The molecule has 0 amide bonds. The van der Waals surface area contributed by atoms with Gasteiger partial charge < -0.3 is 29.4 Å². The van der Waals surface area contributed by atoms with Gasteiger partial charge >= 0.3 is 15.6 Å². The lowest BCUT2D eigenvalue weighted by molar-refractivity contribution is 0.0979. The normalized spacial score (nSPS) is 14.0. The van der Waals surface area contributed by atoms with E-state index in [0.29, 0.717) is 28.3 Å². The Morgan fingerprint density at radius 3 is 1.78 bits per heavy atom. The standard InChI is InChI=1S/C24H30N2O2.H4O7P2/c1-5-26(6-2)15-9-10-17(3)25(4)18-13-14-21-22(16-18)24(28)20-12-8-7-11-19(20)23(21)27;1-8(2,3)7-9(4,5)6/h7-8,11-14,16-17H,5-6,9-10,15H2,1-4H3;(H2,1,2,3)(H2,4,5,6). The Bertz CT molecular complexity index is 1180. The third-order valence-electron chi connectivity index (χ3n) is 6.18. The van der Waals surface area contributed by atoms with E-state index in [1.54, 1.807) is 24.3 Å².